The molecule has 2 aromatic carbocycles. The quantitative estimate of drug-likeness (QED) is 0.757. The summed E-state index contributed by atoms with van der Waals surface area (Å²) in [6.07, 6.45) is 1.03. The van der Waals surface area contributed by atoms with Crippen molar-refractivity contribution < 1.29 is 9.90 Å². The first kappa shape index (κ1) is 16.1. The number of carbonyl (C=O) groups is 1. The molecule has 0 fully saturated rings. The Morgan fingerprint density at radius 1 is 1.24 bits per heavy atom. The van der Waals surface area contributed by atoms with Crippen LogP contribution >= 0.6 is 11.3 Å². The third-order valence-electron chi connectivity index (χ3n) is 4.44. The van der Waals surface area contributed by atoms with E-state index in [1.807, 2.05) is 12.1 Å². The van der Waals surface area contributed by atoms with Crippen LogP contribution in [0.3, 0.4) is 0 Å². The highest BCUT2D eigenvalue weighted by Crippen LogP contribution is 2.32. The second-order valence-electron chi connectivity index (χ2n) is 6.10. The zero-order chi connectivity index (χ0) is 17.2. The molecule has 3 aromatic rings. The van der Waals surface area contributed by atoms with Gasteiger partial charge in [0.25, 0.3) is 5.91 Å². The van der Waals surface area contributed by atoms with E-state index in [1.165, 1.54) is 11.1 Å². The lowest BCUT2D eigenvalue weighted by Crippen LogP contribution is -2.30. The molecule has 128 valence electrons. The summed E-state index contributed by atoms with van der Waals surface area (Å²) in [5.74, 6) is -0.169. The summed E-state index contributed by atoms with van der Waals surface area (Å²) in [6, 6.07) is 14.1. The lowest BCUT2D eigenvalue weighted by Gasteiger charge is -2.28. The molecule has 2 heterocycles. The molecule has 0 atom stereocenters. The Morgan fingerprint density at radius 2 is 2.08 bits per heavy atom. The maximum Gasteiger partial charge on any atom is 0.251 e. The first-order valence-electron chi connectivity index (χ1n) is 8.36. The number of aliphatic hydroxyl groups is 1. The van der Waals surface area contributed by atoms with Gasteiger partial charge < -0.3 is 15.3 Å². The van der Waals surface area contributed by atoms with E-state index in [9.17, 15) is 4.79 Å². The van der Waals surface area contributed by atoms with Gasteiger partial charge in [-0.3, -0.25) is 4.79 Å². The van der Waals surface area contributed by atoms with Crippen molar-refractivity contribution in [3.05, 3.63) is 59.2 Å². The average molecular weight is 353 g/mol. The molecule has 0 aliphatic carbocycles. The number of thiazole rings is 1. The van der Waals surface area contributed by atoms with Crippen molar-refractivity contribution in [3.63, 3.8) is 0 Å². The van der Waals surface area contributed by atoms with Gasteiger partial charge in [0.15, 0.2) is 5.13 Å². The van der Waals surface area contributed by atoms with Gasteiger partial charge in [-0.05, 0) is 35.7 Å². The van der Waals surface area contributed by atoms with E-state index < -0.39 is 0 Å². The molecule has 0 bridgehead atoms. The number of anilines is 1. The van der Waals surface area contributed by atoms with E-state index in [-0.39, 0.29) is 19.1 Å². The van der Waals surface area contributed by atoms with E-state index in [1.54, 1.807) is 17.4 Å². The molecule has 4 rings (SSSR count). The molecular weight excluding hydrogens is 334 g/mol. The van der Waals surface area contributed by atoms with E-state index in [0.717, 1.165) is 34.9 Å². The van der Waals surface area contributed by atoms with Gasteiger partial charge in [0.05, 0.1) is 16.8 Å². The van der Waals surface area contributed by atoms with Gasteiger partial charge in [0, 0.05) is 25.2 Å². The number of hydrogen-bond acceptors (Lipinski definition) is 5. The Bertz CT molecular complexity index is 922. The number of carbonyl (C=O) groups excluding carboxylic acids is 1. The molecule has 25 heavy (non-hydrogen) atoms. The number of rotatable bonds is 4. The maximum atomic E-state index is 12.0. The molecule has 2 N–H and O–H groups in total. The minimum Gasteiger partial charge on any atom is -0.395 e. The van der Waals surface area contributed by atoms with Crippen LogP contribution in [-0.2, 0) is 13.0 Å². The zero-order valence-electron chi connectivity index (χ0n) is 13.7. The van der Waals surface area contributed by atoms with Gasteiger partial charge >= 0.3 is 0 Å². The number of amides is 1. The number of nitrogens with zero attached hydrogens (tertiary/aromatic N) is 2. The van der Waals surface area contributed by atoms with Crippen LogP contribution in [0.15, 0.2) is 42.5 Å². The first-order valence-corrected chi connectivity index (χ1v) is 9.17. The third-order valence-corrected chi connectivity index (χ3v) is 5.52. The van der Waals surface area contributed by atoms with Crippen LogP contribution in [0.1, 0.15) is 21.5 Å². The molecule has 1 aliphatic rings. The molecule has 1 amide bonds. The van der Waals surface area contributed by atoms with Crippen molar-refractivity contribution in [2.24, 2.45) is 0 Å². The molecule has 0 unspecified atom stereocenters. The largest absolute Gasteiger partial charge is 0.395 e. The molecule has 1 aliphatic heterocycles. The van der Waals surface area contributed by atoms with Crippen LogP contribution < -0.4 is 10.2 Å². The van der Waals surface area contributed by atoms with Gasteiger partial charge in [-0.2, -0.15) is 0 Å². The van der Waals surface area contributed by atoms with Crippen LogP contribution in [0.2, 0.25) is 0 Å². The molecule has 0 spiro atoms. The minimum absolute atomic E-state index is 0.0604. The van der Waals surface area contributed by atoms with Crippen molar-refractivity contribution >= 4 is 32.6 Å². The van der Waals surface area contributed by atoms with E-state index in [4.69, 9.17) is 10.1 Å². The molecule has 0 saturated carbocycles. The number of benzene rings is 2. The molecule has 0 radical (unpaired) electrons. The van der Waals surface area contributed by atoms with Crippen molar-refractivity contribution in [1.82, 2.24) is 10.3 Å². The molecular formula is C19H19N3O2S. The fourth-order valence-electron chi connectivity index (χ4n) is 3.12. The maximum absolute atomic E-state index is 12.0. The van der Waals surface area contributed by atoms with Crippen LogP contribution in [-0.4, -0.2) is 35.7 Å². The summed E-state index contributed by atoms with van der Waals surface area (Å²) >= 11 is 1.62. The van der Waals surface area contributed by atoms with Crippen LogP contribution in [0.4, 0.5) is 5.13 Å². The number of aliphatic hydroxyl groups excluding tert-OH is 1. The highest BCUT2D eigenvalue weighted by Gasteiger charge is 2.19. The van der Waals surface area contributed by atoms with Crippen molar-refractivity contribution in [3.8, 4) is 0 Å². The molecule has 0 saturated heterocycles. The Hall–Kier alpha value is -2.44. The van der Waals surface area contributed by atoms with Crippen LogP contribution in [0.25, 0.3) is 10.2 Å². The molecule has 5 nitrogen and oxygen atoms in total. The zero-order valence-corrected chi connectivity index (χ0v) is 14.6. The first-order chi connectivity index (χ1) is 12.2. The summed E-state index contributed by atoms with van der Waals surface area (Å²) in [5, 5.41) is 12.5. The minimum atomic E-state index is -0.169. The Balaban J connectivity index is 1.58. The number of hydrogen-bond donors (Lipinski definition) is 2. The third kappa shape index (κ3) is 3.23. The summed E-state index contributed by atoms with van der Waals surface area (Å²) < 4.78 is 1.01. The lowest BCUT2D eigenvalue weighted by atomic mass is 10.0. The fraction of sp³-hybridized carbons (Fsp3) is 0.263. The van der Waals surface area contributed by atoms with E-state index in [2.05, 4.69) is 34.5 Å². The summed E-state index contributed by atoms with van der Waals surface area (Å²) in [6.45, 7) is 2.04. The van der Waals surface area contributed by atoms with Gasteiger partial charge in [-0.1, -0.05) is 35.6 Å². The Morgan fingerprint density at radius 3 is 2.92 bits per heavy atom. The summed E-state index contributed by atoms with van der Waals surface area (Å²) in [4.78, 5) is 19.1. The fourth-order valence-corrected chi connectivity index (χ4v) is 4.15. The SMILES string of the molecule is O=C(NCCO)c1ccc2nc(N3CCc4ccccc4C3)sc2c1. The van der Waals surface area contributed by atoms with Gasteiger partial charge in [0.1, 0.15) is 0 Å². The number of aromatic nitrogens is 1. The average Bonchev–Trinajstić information content (AvgIpc) is 3.09. The number of fused-ring (bicyclic) bond motifs is 2. The van der Waals surface area contributed by atoms with Crippen molar-refractivity contribution in [2.45, 2.75) is 13.0 Å². The van der Waals surface area contributed by atoms with E-state index >= 15 is 0 Å². The summed E-state index contributed by atoms with van der Waals surface area (Å²) in [7, 11) is 0. The summed E-state index contributed by atoms with van der Waals surface area (Å²) in [5.41, 5.74) is 4.29. The second-order valence-corrected chi connectivity index (χ2v) is 7.11. The Labute approximate surface area is 149 Å². The van der Waals surface area contributed by atoms with Crippen LogP contribution in [0, 0.1) is 0 Å². The highest BCUT2D eigenvalue weighted by atomic mass is 32.1. The number of nitrogens with one attached hydrogen (secondary N) is 1. The lowest BCUT2D eigenvalue weighted by molar-refractivity contribution is 0.0945. The smallest absolute Gasteiger partial charge is 0.251 e. The van der Waals surface area contributed by atoms with Gasteiger partial charge in [-0.15, -0.1) is 0 Å². The standard InChI is InChI=1S/C19H19N3O2S/c23-10-8-20-18(24)14-5-6-16-17(11-14)25-19(21-16)22-9-7-13-3-1-2-4-15(13)12-22/h1-6,11,23H,7-10,12H2,(H,20,24). The topological polar surface area (TPSA) is 65.5 Å². The Kier molecular flexibility index (Phi) is 4.38. The predicted octanol–water partition coefficient (Wildman–Crippen LogP) is 2.58. The molecule has 1 aromatic heterocycles. The highest BCUT2D eigenvalue weighted by molar-refractivity contribution is 7.22. The van der Waals surface area contributed by atoms with Gasteiger partial charge in [-0.25, -0.2) is 4.98 Å². The van der Waals surface area contributed by atoms with E-state index in [0.29, 0.717) is 5.56 Å². The van der Waals surface area contributed by atoms with Crippen molar-refractivity contribution in [1.29, 1.82) is 0 Å². The normalized spacial score (nSPS) is 13.7. The second kappa shape index (κ2) is 6.82. The molecule has 6 heteroatoms. The monoisotopic (exact) mass is 353 g/mol. The van der Waals surface area contributed by atoms with Crippen molar-refractivity contribution in [2.75, 3.05) is 24.6 Å². The van der Waals surface area contributed by atoms with Crippen LogP contribution in [0.5, 0.6) is 0 Å². The van der Waals surface area contributed by atoms with Gasteiger partial charge in [0.2, 0.25) is 0 Å². The predicted molar refractivity (Wildman–Crippen MR) is 100 cm³/mol.